The maximum absolute atomic E-state index is 11.8. The van der Waals surface area contributed by atoms with E-state index >= 15 is 0 Å². The van der Waals surface area contributed by atoms with Crippen LogP contribution in [0, 0.1) is 0 Å². The van der Waals surface area contributed by atoms with E-state index in [1.165, 1.54) is 6.42 Å². The molecule has 126 valence electrons. The summed E-state index contributed by atoms with van der Waals surface area (Å²) < 4.78 is 0. The predicted molar refractivity (Wildman–Crippen MR) is 93.8 cm³/mol. The molecule has 3 aliphatic rings. The van der Waals surface area contributed by atoms with Crippen molar-refractivity contribution in [3.8, 4) is 0 Å². The zero-order chi connectivity index (χ0) is 16.7. The lowest BCUT2D eigenvalue weighted by atomic mass is 9.87. The van der Waals surface area contributed by atoms with Crippen molar-refractivity contribution in [3.63, 3.8) is 0 Å². The van der Waals surface area contributed by atoms with Crippen LogP contribution < -0.4 is 27.0 Å². The van der Waals surface area contributed by atoms with E-state index in [1.54, 1.807) is 0 Å². The quantitative estimate of drug-likeness (QED) is 0.623. The summed E-state index contributed by atoms with van der Waals surface area (Å²) in [5, 5.41) is 5.68. The molecule has 8 nitrogen and oxygen atoms in total. The molecule has 0 bridgehead atoms. The molecule has 1 fully saturated rings. The monoisotopic (exact) mass is 327 g/mol. The number of carbonyl (C=O) groups excluding carboxylic acids is 1. The Morgan fingerprint density at radius 3 is 2.75 bits per heavy atom. The van der Waals surface area contributed by atoms with E-state index in [0.717, 1.165) is 42.6 Å². The number of rotatable bonds is 1. The van der Waals surface area contributed by atoms with Gasteiger partial charge in [-0.2, -0.15) is 4.99 Å². The van der Waals surface area contributed by atoms with E-state index in [0.29, 0.717) is 12.5 Å². The van der Waals surface area contributed by atoms with Gasteiger partial charge in [-0.3, -0.25) is 4.90 Å². The van der Waals surface area contributed by atoms with Gasteiger partial charge in [0.15, 0.2) is 0 Å². The number of fused-ring (bicyclic) bond motifs is 1. The number of nitrogens with zero attached hydrogens (tertiary/aromatic N) is 3. The highest BCUT2D eigenvalue weighted by molar-refractivity contribution is 6.09. The molecule has 0 unspecified atom stereocenters. The number of para-hydroxylation sites is 1. The maximum atomic E-state index is 11.8. The Kier molecular flexibility index (Phi) is 3.33. The second-order valence-electron chi connectivity index (χ2n) is 6.44. The van der Waals surface area contributed by atoms with E-state index in [1.807, 2.05) is 23.1 Å². The fourth-order valence-corrected chi connectivity index (χ4v) is 3.87. The van der Waals surface area contributed by atoms with E-state index in [-0.39, 0.29) is 12.0 Å². The van der Waals surface area contributed by atoms with Crippen molar-refractivity contribution in [2.75, 3.05) is 10.2 Å². The summed E-state index contributed by atoms with van der Waals surface area (Å²) in [6.07, 6.45) is 5.02. The van der Waals surface area contributed by atoms with Gasteiger partial charge < -0.3 is 22.1 Å². The van der Waals surface area contributed by atoms with E-state index in [2.05, 4.69) is 20.6 Å². The Bertz CT molecular complexity index is 749. The molecule has 4 rings (SSSR count). The molecular formula is C16H21N7O. The highest BCUT2D eigenvalue weighted by Gasteiger charge is 2.43. The van der Waals surface area contributed by atoms with Crippen LogP contribution in [0.5, 0.6) is 0 Å². The number of nitrogens with two attached hydrogens (primary N) is 2. The normalized spacial score (nSPS) is 22.2. The summed E-state index contributed by atoms with van der Waals surface area (Å²) in [5.74, 6) is 0.548. The van der Waals surface area contributed by atoms with Gasteiger partial charge in [0.05, 0.1) is 11.4 Å². The number of carbonyl (C=O) groups is 1. The molecule has 0 aromatic heterocycles. The molecule has 0 atom stereocenters. The maximum Gasteiger partial charge on any atom is 0.319 e. The number of anilines is 2. The highest BCUT2D eigenvalue weighted by Crippen LogP contribution is 2.43. The molecule has 1 aliphatic carbocycles. The van der Waals surface area contributed by atoms with Crippen molar-refractivity contribution in [2.24, 2.45) is 21.5 Å². The van der Waals surface area contributed by atoms with Crippen LogP contribution in [0.4, 0.5) is 16.2 Å². The molecule has 0 saturated heterocycles. The minimum Gasteiger partial charge on any atom is -0.369 e. The van der Waals surface area contributed by atoms with Crippen molar-refractivity contribution < 1.29 is 4.79 Å². The lowest BCUT2D eigenvalue weighted by molar-refractivity contribution is 0.251. The Balaban J connectivity index is 1.85. The molecule has 2 heterocycles. The number of guanidine groups is 2. The van der Waals surface area contributed by atoms with E-state index in [9.17, 15) is 4.79 Å². The first-order valence-electron chi connectivity index (χ1n) is 8.25. The molecule has 1 aromatic rings. The molecule has 6 N–H and O–H groups in total. The minimum absolute atomic E-state index is 0.219. The van der Waals surface area contributed by atoms with Crippen LogP contribution >= 0.6 is 0 Å². The minimum atomic E-state index is -0.515. The van der Waals surface area contributed by atoms with Crippen LogP contribution in [0.25, 0.3) is 0 Å². The topological polar surface area (TPSA) is 121 Å². The van der Waals surface area contributed by atoms with Crippen molar-refractivity contribution in [1.82, 2.24) is 5.32 Å². The summed E-state index contributed by atoms with van der Waals surface area (Å²) in [5.41, 5.74) is 14.2. The summed E-state index contributed by atoms with van der Waals surface area (Å²) in [6, 6.07) is 5.66. The Morgan fingerprint density at radius 2 is 1.96 bits per heavy atom. The zero-order valence-corrected chi connectivity index (χ0v) is 13.4. The first kappa shape index (κ1) is 14.8. The summed E-state index contributed by atoms with van der Waals surface area (Å²) in [7, 11) is 0. The fraction of sp³-hybridized carbons (Fsp3) is 0.438. The van der Waals surface area contributed by atoms with Crippen LogP contribution in [-0.4, -0.2) is 23.6 Å². The lowest BCUT2D eigenvalue weighted by Gasteiger charge is -2.46. The third-order valence-corrected chi connectivity index (χ3v) is 4.90. The Morgan fingerprint density at radius 1 is 1.17 bits per heavy atom. The smallest absolute Gasteiger partial charge is 0.319 e. The zero-order valence-electron chi connectivity index (χ0n) is 13.4. The molecule has 24 heavy (non-hydrogen) atoms. The van der Waals surface area contributed by atoms with Crippen molar-refractivity contribution in [1.29, 1.82) is 0 Å². The molecule has 2 aliphatic heterocycles. The van der Waals surface area contributed by atoms with Gasteiger partial charge in [0.25, 0.3) is 0 Å². The van der Waals surface area contributed by atoms with Crippen molar-refractivity contribution in [3.05, 3.63) is 23.8 Å². The average molecular weight is 327 g/mol. The number of aliphatic imine (C=N–C) groups is 2. The summed E-state index contributed by atoms with van der Waals surface area (Å²) in [6.45, 7) is 0.484. The number of hydrogen-bond donors (Lipinski definition) is 4. The van der Waals surface area contributed by atoms with E-state index in [4.69, 9.17) is 11.5 Å². The molecular weight excluding hydrogens is 306 g/mol. The molecule has 8 heteroatoms. The van der Waals surface area contributed by atoms with Gasteiger partial charge in [-0.25, -0.2) is 9.79 Å². The SMILES string of the molecule is NC1=NC2(CCCCC2)N(c2cccc3c2NC(=O)NC3)C(N)=N1. The Labute approximate surface area is 140 Å². The first-order chi connectivity index (χ1) is 11.6. The molecule has 1 aromatic carbocycles. The van der Waals surface area contributed by atoms with Crippen LogP contribution in [0.1, 0.15) is 37.7 Å². The molecule has 1 saturated carbocycles. The molecule has 1 spiro atoms. The van der Waals surface area contributed by atoms with Crippen LogP contribution in [0.3, 0.4) is 0 Å². The van der Waals surface area contributed by atoms with Crippen LogP contribution in [0.15, 0.2) is 28.2 Å². The highest BCUT2D eigenvalue weighted by atomic mass is 16.2. The summed E-state index contributed by atoms with van der Waals surface area (Å²) >= 11 is 0. The third-order valence-electron chi connectivity index (χ3n) is 4.90. The number of hydrogen-bond acceptors (Lipinski definition) is 6. The van der Waals surface area contributed by atoms with Gasteiger partial charge in [-0.15, -0.1) is 0 Å². The van der Waals surface area contributed by atoms with Gasteiger partial charge >= 0.3 is 6.03 Å². The van der Waals surface area contributed by atoms with Gasteiger partial charge in [0, 0.05) is 6.54 Å². The molecule has 0 radical (unpaired) electrons. The summed E-state index contributed by atoms with van der Waals surface area (Å²) in [4.78, 5) is 22.6. The van der Waals surface area contributed by atoms with Gasteiger partial charge in [-0.05, 0) is 37.3 Å². The van der Waals surface area contributed by atoms with Gasteiger partial charge in [0.2, 0.25) is 11.9 Å². The van der Waals surface area contributed by atoms with Gasteiger partial charge in [0.1, 0.15) is 5.66 Å². The second-order valence-corrected chi connectivity index (χ2v) is 6.44. The van der Waals surface area contributed by atoms with Gasteiger partial charge in [-0.1, -0.05) is 18.6 Å². The molecule has 2 amide bonds. The third kappa shape index (κ3) is 2.26. The van der Waals surface area contributed by atoms with Crippen molar-refractivity contribution >= 4 is 29.3 Å². The standard InChI is InChI=1S/C16H21N7O/c17-13-21-14(18)23(16(22-13)7-2-1-3-8-16)11-6-4-5-10-9-19-15(24)20-12(10)11/h4-6H,1-3,7-9H2,(H2,19,20,24)(H4,17,18,21,22). The first-order valence-corrected chi connectivity index (χ1v) is 8.25. The van der Waals surface area contributed by atoms with E-state index < -0.39 is 5.66 Å². The number of benzene rings is 1. The van der Waals surface area contributed by atoms with Crippen LogP contribution in [0.2, 0.25) is 0 Å². The number of nitrogens with one attached hydrogen (secondary N) is 2. The average Bonchev–Trinajstić information content (AvgIpc) is 2.55. The second kappa shape index (κ2) is 5.40. The number of urea groups is 1. The largest absolute Gasteiger partial charge is 0.369 e. The van der Waals surface area contributed by atoms with Crippen LogP contribution in [-0.2, 0) is 6.54 Å². The Hall–Kier alpha value is -2.77. The predicted octanol–water partition coefficient (Wildman–Crippen LogP) is 1.43. The number of amides is 2. The van der Waals surface area contributed by atoms with Crippen molar-refractivity contribution in [2.45, 2.75) is 44.3 Å². The fourth-order valence-electron chi connectivity index (χ4n) is 3.87. The lowest BCUT2D eigenvalue weighted by Crippen LogP contribution is -2.58.